The Morgan fingerprint density at radius 3 is 2.44 bits per heavy atom. The molecule has 0 bridgehead atoms. The second-order valence-electron chi connectivity index (χ2n) is 5.65. The Morgan fingerprint density at radius 1 is 1.07 bits per heavy atom. The summed E-state index contributed by atoms with van der Waals surface area (Å²) in [6.07, 6.45) is 1.60. The van der Waals surface area contributed by atoms with Gasteiger partial charge in [0.1, 0.15) is 0 Å². The average molecular weight is 399 g/mol. The quantitative estimate of drug-likeness (QED) is 0.546. The fourth-order valence-electron chi connectivity index (χ4n) is 2.50. The first kappa shape index (κ1) is 17.3. The molecule has 4 rings (SSSR count). The fraction of sp³-hybridized carbons (Fsp3) is 0. The first-order chi connectivity index (χ1) is 12.9. The number of carbonyl (C=O) groups excluding carboxylic acids is 1. The van der Waals surface area contributed by atoms with Crippen molar-refractivity contribution in [1.82, 2.24) is 14.6 Å². The molecule has 4 aromatic rings. The number of imidazole rings is 1. The number of carbonyl (C=O) groups is 1. The summed E-state index contributed by atoms with van der Waals surface area (Å²) >= 11 is 0.900. The van der Waals surface area contributed by atoms with Crippen molar-refractivity contribution in [3.8, 4) is 11.3 Å². The molecule has 0 saturated heterocycles. The van der Waals surface area contributed by atoms with E-state index in [1.54, 1.807) is 54.7 Å². The van der Waals surface area contributed by atoms with Gasteiger partial charge in [-0.3, -0.25) is 4.79 Å². The lowest BCUT2D eigenvalue weighted by Gasteiger charge is -2.06. The van der Waals surface area contributed by atoms with Gasteiger partial charge in [0, 0.05) is 16.8 Å². The first-order valence-electron chi connectivity index (χ1n) is 7.76. The maximum atomic E-state index is 12.2. The largest absolute Gasteiger partial charge is 0.322 e. The molecule has 0 fully saturated rings. The smallest absolute Gasteiger partial charge is 0.267 e. The molecule has 0 aliphatic carbocycles. The van der Waals surface area contributed by atoms with E-state index >= 15 is 0 Å². The predicted molar refractivity (Wildman–Crippen MR) is 102 cm³/mol. The number of primary sulfonamides is 1. The number of anilines is 1. The van der Waals surface area contributed by atoms with Crippen LogP contribution in [0.4, 0.5) is 5.69 Å². The number of benzene rings is 2. The number of nitrogens with zero attached hydrogens (tertiary/aromatic N) is 3. The Bertz CT molecular complexity index is 1230. The third-order valence-electron chi connectivity index (χ3n) is 3.78. The topological polar surface area (TPSA) is 119 Å². The van der Waals surface area contributed by atoms with E-state index in [9.17, 15) is 13.2 Å². The van der Waals surface area contributed by atoms with Crippen molar-refractivity contribution in [3.63, 3.8) is 0 Å². The number of rotatable bonds is 4. The molecule has 0 spiro atoms. The zero-order valence-electron chi connectivity index (χ0n) is 13.7. The summed E-state index contributed by atoms with van der Waals surface area (Å²) in [5.74, 6) is -0.201. The Hall–Kier alpha value is -3.08. The van der Waals surface area contributed by atoms with Crippen LogP contribution in [0, 0.1) is 0 Å². The van der Waals surface area contributed by atoms with E-state index in [4.69, 9.17) is 5.14 Å². The van der Waals surface area contributed by atoms with E-state index in [0.717, 1.165) is 16.9 Å². The molecule has 2 heterocycles. The average Bonchev–Trinajstić information content (AvgIpc) is 3.24. The van der Waals surface area contributed by atoms with Gasteiger partial charge in [0.2, 0.25) is 9.30 Å². The van der Waals surface area contributed by atoms with Crippen LogP contribution in [0.15, 0.2) is 65.1 Å². The van der Waals surface area contributed by atoms with Crippen LogP contribution >= 0.6 is 11.3 Å². The van der Waals surface area contributed by atoms with Crippen molar-refractivity contribution >= 4 is 37.9 Å². The number of aromatic nitrogens is 3. The van der Waals surface area contributed by atoms with Crippen molar-refractivity contribution in [2.24, 2.45) is 5.14 Å². The van der Waals surface area contributed by atoms with Gasteiger partial charge >= 0.3 is 0 Å². The monoisotopic (exact) mass is 399 g/mol. The molecule has 0 unspecified atom stereocenters. The summed E-state index contributed by atoms with van der Waals surface area (Å²) in [5.41, 5.74) is 2.59. The van der Waals surface area contributed by atoms with Crippen molar-refractivity contribution < 1.29 is 13.2 Å². The maximum absolute atomic E-state index is 12.2. The summed E-state index contributed by atoms with van der Waals surface area (Å²) in [6, 6.07) is 16.0. The number of nitrogens with two attached hydrogens (primary N) is 1. The summed E-state index contributed by atoms with van der Waals surface area (Å²) in [6.45, 7) is 0. The Balaban J connectivity index is 1.60. The van der Waals surface area contributed by atoms with E-state index in [1.165, 1.54) is 4.52 Å². The lowest BCUT2D eigenvalue weighted by Crippen LogP contribution is -2.12. The molecule has 2 aromatic heterocycles. The number of hydrogen-bond donors (Lipinski definition) is 2. The molecular weight excluding hydrogens is 386 g/mol. The van der Waals surface area contributed by atoms with Crippen molar-refractivity contribution in [2.45, 2.75) is 4.34 Å². The van der Waals surface area contributed by atoms with E-state index < -0.39 is 10.0 Å². The maximum Gasteiger partial charge on any atom is 0.267 e. The second kappa shape index (κ2) is 6.58. The summed E-state index contributed by atoms with van der Waals surface area (Å²) < 4.78 is 24.2. The fourth-order valence-corrected chi connectivity index (χ4v) is 4.00. The van der Waals surface area contributed by atoms with Crippen LogP contribution < -0.4 is 10.5 Å². The molecule has 8 nitrogen and oxygen atoms in total. The first-order valence-corrected chi connectivity index (χ1v) is 10.1. The van der Waals surface area contributed by atoms with Gasteiger partial charge in [-0.15, -0.1) is 5.10 Å². The van der Waals surface area contributed by atoms with Crippen LogP contribution in [-0.2, 0) is 10.0 Å². The molecular formula is C17H13N5O3S2. The molecule has 3 N–H and O–H groups in total. The van der Waals surface area contributed by atoms with Crippen LogP contribution in [-0.4, -0.2) is 28.9 Å². The van der Waals surface area contributed by atoms with E-state index in [1.807, 2.05) is 6.07 Å². The standard InChI is InChI=1S/C17H13N5O3S2/c18-27(24,25)17-21-22-14(10-19-16(22)26-17)11-6-8-13(9-7-11)20-15(23)12-4-2-1-3-5-12/h1-10H,(H,20,23)(H2,18,24,25). The van der Waals surface area contributed by atoms with Gasteiger partial charge < -0.3 is 5.32 Å². The molecule has 1 amide bonds. The SMILES string of the molecule is NS(=O)(=O)c1nn2c(-c3ccc(NC(=O)c4ccccc4)cc3)cnc2s1. The lowest BCUT2D eigenvalue weighted by atomic mass is 10.1. The van der Waals surface area contributed by atoms with E-state index in [-0.39, 0.29) is 10.2 Å². The molecule has 0 radical (unpaired) electrons. The normalized spacial score (nSPS) is 11.6. The number of fused-ring (bicyclic) bond motifs is 1. The highest BCUT2D eigenvalue weighted by atomic mass is 32.2. The van der Waals surface area contributed by atoms with Crippen LogP contribution in [0.2, 0.25) is 0 Å². The van der Waals surface area contributed by atoms with Gasteiger partial charge in [-0.2, -0.15) is 0 Å². The van der Waals surface area contributed by atoms with Crippen molar-refractivity contribution in [2.75, 3.05) is 5.32 Å². The minimum absolute atomic E-state index is 0.196. The molecule has 10 heteroatoms. The zero-order valence-corrected chi connectivity index (χ0v) is 15.4. The van der Waals surface area contributed by atoms with Crippen molar-refractivity contribution in [3.05, 3.63) is 66.4 Å². The molecule has 0 aliphatic heterocycles. The van der Waals surface area contributed by atoms with Gasteiger partial charge in [-0.1, -0.05) is 41.7 Å². The second-order valence-corrected chi connectivity index (χ2v) is 8.34. The zero-order chi connectivity index (χ0) is 19.0. The van der Waals surface area contributed by atoms with Gasteiger partial charge in [-0.25, -0.2) is 23.1 Å². The summed E-state index contributed by atoms with van der Waals surface area (Å²) in [4.78, 5) is 16.8. The number of sulfonamides is 1. The summed E-state index contributed by atoms with van der Waals surface area (Å²) in [5, 5.41) is 12.0. The molecule has 27 heavy (non-hydrogen) atoms. The highest BCUT2D eigenvalue weighted by molar-refractivity contribution is 7.91. The minimum atomic E-state index is -3.88. The van der Waals surface area contributed by atoms with Crippen LogP contribution in [0.25, 0.3) is 16.2 Å². The van der Waals surface area contributed by atoms with Gasteiger partial charge in [-0.05, 0) is 24.3 Å². The Labute approximate surface area is 158 Å². The highest BCUT2D eigenvalue weighted by Crippen LogP contribution is 2.26. The Morgan fingerprint density at radius 2 is 1.78 bits per heavy atom. The number of amides is 1. The molecule has 136 valence electrons. The van der Waals surface area contributed by atoms with Crippen LogP contribution in [0.5, 0.6) is 0 Å². The molecule has 2 aromatic carbocycles. The Kier molecular flexibility index (Phi) is 4.22. The van der Waals surface area contributed by atoms with Gasteiger partial charge in [0.05, 0.1) is 11.9 Å². The summed E-state index contributed by atoms with van der Waals surface area (Å²) in [7, 11) is -3.88. The van der Waals surface area contributed by atoms with E-state index in [0.29, 0.717) is 21.9 Å². The van der Waals surface area contributed by atoms with Gasteiger partial charge in [0.25, 0.3) is 15.9 Å². The third-order valence-corrected chi connectivity index (χ3v) is 6.02. The highest BCUT2D eigenvalue weighted by Gasteiger charge is 2.18. The third kappa shape index (κ3) is 3.45. The van der Waals surface area contributed by atoms with Gasteiger partial charge in [0.15, 0.2) is 0 Å². The molecule has 0 atom stereocenters. The molecule has 0 aliphatic rings. The van der Waals surface area contributed by atoms with Crippen LogP contribution in [0.1, 0.15) is 10.4 Å². The minimum Gasteiger partial charge on any atom is -0.322 e. The lowest BCUT2D eigenvalue weighted by molar-refractivity contribution is 0.102. The van der Waals surface area contributed by atoms with Crippen molar-refractivity contribution in [1.29, 1.82) is 0 Å². The van der Waals surface area contributed by atoms with Crippen LogP contribution in [0.3, 0.4) is 0 Å². The number of hydrogen-bond acceptors (Lipinski definition) is 6. The number of nitrogens with one attached hydrogen (secondary N) is 1. The predicted octanol–water partition coefficient (Wildman–Crippen LogP) is 2.36. The van der Waals surface area contributed by atoms with E-state index in [2.05, 4.69) is 15.4 Å². The molecule has 0 saturated carbocycles.